The third-order valence-electron chi connectivity index (χ3n) is 3.37. The summed E-state index contributed by atoms with van der Waals surface area (Å²) in [4.78, 5) is 12.0. The van der Waals surface area contributed by atoms with Crippen LogP contribution in [-0.4, -0.2) is 23.0 Å². The second kappa shape index (κ2) is 6.58. The van der Waals surface area contributed by atoms with Crippen molar-refractivity contribution in [3.05, 3.63) is 47.5 Å². The Morgan fingerprint density at radius 3 is 2.68 bits per heavy atom. The number of hydrogen-bond acceptors (Lipinski definition) is 6. The van der Waals surface area contributed by atoms with Crippen molar-refractivity contribution in [1.82, 2.24) is 10.2 Å². The van der Waals surface area contributed by atoms with Crippen molar-refractivity contribution >= 4 is 39.8 Å². The van der Waals surface area contributed by atoms with Gasteiger partial charge in [-0.15, -0.1) is 10.2 Å². The molecule has 0 spiro atoms. The summed E-state index contributed by atoms with van der Waals surface area (Å²) >= 11 is 7.07. The van der Waals surface area contributed by atoms with Gasteiger partial charge in [0.1, 0.15) is 5.01 Å². The van der Waals surface area contributed by atoms with Gasteiger partial charge >= 0.3 is 6.03 Å². The molecule has 126 valence electrons. The molecule has 25 heavy (non-hydrogen) atoms. The highest BCUT2D eigenvalue weighted by Gasteiger charge is 2.16. The third-order valence-corrected chi connectivity index (χ3v) is 4.51. The van der Waals surface area contributed by atoms with Crippen molar-refractivity contribution in [1.29, 1.82) is 0 Å². The zero-order valence-electron chi connectivity index (χ0n) is 12.7. The van der Waals surface area contributed by atoms with Crippen molar-refractivity contribution in [2.24, 2.45) is 0 Å². The minimum absolute atomic E-state index is 0.215. The van der Waals surface area contributed by atoms with Gasteiger partial charge in [-0.25, -0.2) is 4.79 Å². The van der Waals surface area contributed by atoms with E-state index in [1.165, 1.54) is 11.3 Å². The number of ether oxygens (including phenoxy) is 2. The van der Waals surface area contributed by atoms with Gasteiger partial charge in [0.2, 0.25) is 11.9 Å². The Kier molecular flexibility index (Phi) is 4.12. The number of carbonyl (C=O) groups is 1. The summed E-state index contributed by atoms with van der Waals surface area (Å²) in [6, 6.07) is 11.9. The molecule has 0 saturated carbocycles. The van der Waals surface area contributed by atoms with Gasteiger partial charge in [-0.3, -0.25) is 5.32 Å². The van der Waals surface area contributed by atoms with Crippen molar-refractivity contribution in [2.75, 3.05) is 17.4 Å². The normalized spacial score (nSPS) is 12.0. The van der Waals surface area contributed by atoms with E-state index in [1.54, 1.807) is 24.3 Å². The van der Waals surface area contributed by atoms with Crippen LogP contribution in [0.25, 0.3) is 10.6 Å². The van der Waals surface area contributed by atoms with Gasteiger partial charge in [0, 0.05) is 16.3 Å². The lowest BCUT2D eigenvalue weighted by Gasteiger charge is -2.04. The summed E-state index contributed by atoms with van der Waals surface area (Å²) < 4.78 is 10.6. The lowest BCUT2D eigenvalue weighted by Crippen LogP contribution is -2.19. The maximum absolute atomic E-state index is 12.0. The first-order valence-corrected chi connectivity index (χ1v) is 8.44. The summed E-state index contributed by atoms with van der Waals surface area (Å²) in [6.07, 6.45) is 0. The standard InChI is InChI=1S/C16H11ClN4O3S/c17-10-2-4-11(5-3-10)18-15(22)19-16-21-20-14(25-16)9-1-6-12-13(7-9)24-8-23-12/h1-7H,8H2,(H2,18,19,21,22). The second-order valence-corrected chi connectivity index (χ2v) is 6.48. The molecule has 9 heteroatoms. The largest absolute Gasteiger partial charge is 0.454 e. The highest BCUT2D eigenvalue weighted by molar-refractivity contribution is 7.18. The second-order valence-electron chi connectivity index (χ2n) is 5.07. The molecule has 0 bridgehead atoms. The van der Waals surface area contributed by atoms with Crippen LogP contribution in [0.3, 0.4) is 0 Å². The molecule has 2 heterocycles. The first-order chi connectivity index (χ1) is 12.2. The monoisotopic (exact) mass is 374 g/mol. The number of rotatable bonds is 3. The molecule has 0 aliphatic carbocycles. The molecule has 3 aromatic rings. The number of carbonyl (C=O) groups excluding carboxylic acids is 1. The predicted molar refractivity (Wildman–Crippen MR) is 95.6 cm³/mol. The number of nitrogens with one attached hydrogen (secondary N) is 2. The summed E-state index contributed by atoms with van der Waals surface area (Å²) in [5, 5.41) is 15.1. The lowest BCUT2D eigenvalue weighted by molar-refractivity contribution is 0.174. The number of hydrogen-bond donors (Lipinski definition) is 2. The van der Waals surface area contributed by atoms with Crippen molar-refractivity contribution in [3.8, 4) is 22.1 Å². The molecular weight excluding hydrogens is 364 g/mol. The zero-order chi connectivity index (χ0) is 17.2. The average Bonchev–Trinajstić information content (AvgIpc) is 3.25. The fourth-order valence-corrected chi connectivity index (χ4v) is 3.07. The van der Waals surface area contributed by atoms with Crippen molar-refractivity contribution < 1.29 is 14.3 Å². The fraction of sp³-hybridized carbons (Fsp3) is 0.0625. The van der Waals surface area contributed by atoms with Crippen LogP contribution in [0.15, 0.2) is 42.5 Å². The highest BCUT2D eigenvalue weighted by atomic mass is 35.5. The van der Waals surface area contributed by atoms with E-state index in [-0.39, 0.29) is 6.79 Å². The number of amides is 2. The first-order valence-electron chi connectivity index (χ1n) is 7.24. The number of aromatic nitrogens is 2. The van der Waals surface area contributed by atoms with Crippen LogP contribution in [0.4, 0.5) is 15.6 Å². The van der Waals surface area contributed by atoms with Gasteiger partial charge in [0.05, 0.1) is 0 Å². The van der Waals surface area contributed by atoms with E-state index in [4.69, 9.17) is 21.1 Å². The molecule has 0 saturated heterocycles. The zero-order valence-corrected chi connectivity index (χ0v) is 14.2. The van der Waals surface area contributed by atoms with Gasteiger partial charge < -0.3 is 14.8 Å². The van der Waals surface area contributed by atoms with Crippen LogP contribution in [0.5, 0.6) is 11.5 Å². The number of halogens is 1. The number of fused-ring (bicyclic) bond motifs is 1. The van der Waals surface area contributed by atoms with Gasteiger partial charge in [0.25, 0.3) is 0 Å². The minimum Gasteiger partial charge on any atom is -0.454 e. The third kappa shape index (κ3) is 3.49. The SMILES string of the molecule is O=C(Nc1ccc(Cl)cc1)Nc1nnc(-c2ccc3c(c2)OCO3)s1. The highest BCUT2D eigenvalue weighted by Crippen LogP contribution is 2.37. The van der Waals surface area contributed by atoms with E-state index in [2.05, 4.69) is 20.8 Å². The topological polar surface area (TPSA) is 85.4 Å². The van der Waals surface area contributed by atoms with Gasteiger partial charge in [-0.2, -0.15) is 0 Å². The minimum atomic E-state index is -0.407. The van der Waals surface area contributed by atoms with Crippen LogP contribution in [0.1, 0.15) is 0 Å². The Balaban J connectivity index is 1.44. The summed E-state index contributed by atoms with van der Waals surface area (Å²) in [6.45, 7) is 0.215. The number of urea groups is 1. The molecule has 2 amide bonds. The molecule has 4 rings (SSSR count). The van der Waals surface area contributed by atoms with Gasteiger partial charge in [-0.1, -0.05) is 22.9 Å². The molecule has 2 N–H and O–H groups in total. The number of nitrogens with zero attached hydrogens (tertiary/aromatic N) is 2. The van der Waals surface area contributed by atoms with E-state index in [9.17, 15) is 4.79 Å². The van der Waals surface area contributed by atoms with Crippen molar-refractivity contribution in [3.63, 3.8) is 0 Å². The van der Waals surface area contributed by atoms with Crippen molar-refractivity contribution in [2.45, 2.75) is 0 Å². The molecule has 1 aliphatic rings. The quantitative estimate of drug-likeness (QED) is 0.716. The fourth-order valence-electron chi connectivity index (χ4n) is 2.21. The summed E-state index contributed by atoms with van der Waals surface area (Å²) in [7, 11) is 0. The number of benzene rings is 2. The van der Waals surface area contributed by atoms with Crippen LogP contribution in [0.2, 0.25) is 5.02 Å². The van der Waals surface area contributed by atoms with E-state index in [1.807, 2.05) is 18.2 Å². The average molecular weight is 375 g/mol. The summed E-state index contributed by atoms with van der Waals surface area (Å²) in [5.41, 5.74) is 1.47. The van der Waals surface area contributed by atoms with Crippen LogP contribution in [-0.2, 0) is 0 Å². The Bertz CT molecular complexity index is 929. The smallest absolute Gasteiger partial charge is 0.325 e. The van der Waals surface area contributed by atoms with Gasteiger partial charge in [-0.05, 0) is 42.5 Å². The molecule has 0 fully saturated rings. The van der Waals surface area contributed by atoms with E-state index in [0.29, 0.717) is 32.3 Å². The molecule has 0 radical (unpaired) electrons. The molecule has 0 atom stereocenters. The molecule has 7 nitrogen and oxygen atoms in total. The lowest BCUT2D eigenvalue weighted by atomic mass is 10.2. The van der Waals surface area contributed by atoms with E-state index < -0.39 is 6.03 Å². The van der Waals surface area contributed by atoms with E-state index >= 15 is 0 Å². The maximum atomic E-state index is 12.0. The Labute approximate surface area is 151 Å². The maximum Gasteiger partial charge on any atom is 0.325 e. The molecule has 2 aromatic carbocycles. The van der Waals surface area contributed by atoms with Gasteiger partial charge in [0.15, 0.2) is 11.5 Å². The Morgan fingerprint density at radius 2 is 1.84 bits per heavy atom. The van der Waals surface area contributed by atoms with Crippen LogP contribution in [0, 0.1) is 0 Å². The molecule has 1 aliphatic heterocycles. The molecule has 1 aromatic heterocycles. The van der Waals surface area contributed by atoms with Crippen LogP contribution < -0.4 is 20.1 Å². The van der Waals surface area contributed by atoms with E-state index in [0.717, 1.165) is 5.56 Å². The Morgan fingerprint density at radius 1 is 1.04 bits per heavy atom. The van der Waals surface area contributed by atoms with Crippen LogP contribution >= 0.6 is 22.9 Å². The summed E-state index contributed by atoms with van der Waals surface area (Å²) in [5.74, 6) is 1.37. The Hall–Kier alpha value is -2.84. The predicted octanol–water partition coefficient (Wildman–Crippen LogP) is 4.23. The molecular formula is C16H11ClN4O3S. The molecule has 0 unspecified atom stereocenters. The first kappa shape index (κ1) is 15.7. The number of anilines is 2.